The Balaban J connectivity index is 2.09. The molecule has 0 amide bonds. The molecule has 0 bridgehead atoms. The summed E-state index contributed by atoms with van der Waals surface area (Å²) in [5, 5.41) is 13.8. The van der Waals surface area contributed by atoms with E-state index in [1.54, 1.807) is 0 Å². The number of aliphatic hydroxyl groups excluding tert-OH is 1. The molecule has 25 heavy (non-hydrogen) atoms. The van der Waals surface area contributed by atoms with Crippen molar-refractivity contribution < 1.29 is 5.11 Å². The number of rotatable bonds is 11. The molecular formula is C22H32ClNO. The molecule has 0 spiro atoms. The van der Waals surface area contributed by atoms with Crippen molar-refractivity contribution in [2.24, 2.45) is 0 Å². The maximum atomic E-state index is 10.9. The lowest BCUT2D eigenvalue weighted by Crippen LogP contribution is -2.31. The Kier molecular flexibility index (Phi) is 8.74. The molecule has 2 rings (SSSR count). The van der Waals surface area contributed by atoms with Gasteiger partial charge in [-0.3, -0.25) is 0 Å². The highest BCUT2D eigenvalue weighted by Crippen LogP contribution is 2.27. The van der Waals surface area contributed by atoms with Crippen LogP contribution in [0.5, 0.6) is 0 Å². The summed E-state index contributed by atoms with van der Waals surface area (Å²) >= 11 is 6.11. The molecule has 0 saturated heterocycles. The maximum absolute atomic E-state index is 10.9. The number of hydrogen-bond donors (Lipinski definition) is 1. The van der Waals surface area contributed by atoms with E-state index in [0.29, 0.717) is 6.54 Å². The molecule has 2 nitrogen and oxygen atoms in total. The number of benzene rings is 2. The number of fused-ring (bicyclic) bond motifs is 1. The zero-order chi connectivity index (χ0) is 18.1. The van der Waals surface area contributed by atoms with E-state index >= 15 is 0 Å². The molecule has 0 radical (unpaired) electrons. The van der Waals surface area contributed by atoms with Gasteiger partial charge in [-0.15, -0.1) is 0 Å². The van der Waals surface area contributed by atoms with E-state index in [1.807, 2.05) is 30.3 Å². The van der Waals surface area contributed by atoms with Gasteiger partial charge in [0, 0.05) is 11.6 Å². The molecule has 0 aromatic heterocycles. The lowest BCUT2D eigenvalue weighted by molar-refractivity contribution is 0.111. The van der Waals surface area contributed by atoms with E-state index in [2.05, 4.69) is 24.8 Å². The van der Waals surface area contributed by atoms with E-state index in [-0.39, 0.29) is 0 Å². The highest BCUT2D eigenvalue weighted by molar-refractivity contribution is 6.31. The first-order valence-corrected chi connectivity index (χ1v) is 10.1. The molecule has 0 saturated carbocycles. The van der Waals surface area contributed by atoms with Crippen molar-refractivity contribution in [2.45, 2.75) is 58.5 Å². The number of aliphatic hydroxyl groups is 1. The van der Waals surface area contributed by atoms with Crippen LogP contribution in [0.2, 0.25) is 5.02 Å². The predicted octanol–water partition coefficient (Wildman–Crippen LogP) is 6.21. The van der Waals surface area contributed by atoms with Crippen molar-refractivity contribution in [2.75, 3.05) is 19.6 Å². The lowest BCUT2D eigenvalue weighted by atomic mass is 10.00. The minimum atomic E-state index is -0.465. The Morgan fingerprint density at radius 1 is 0.960 bits per heavy atom. The molecule has 2 aromatic carbocycles. The van der Waals surface area contributed by atoms with Crippen molar-refractivity contribution in [1.82, 2.24) is 4.90 Å². The third kappa shape index (κ3) is 6.29. The van der Waals surface area contributed by atoms with Gasteiger partial charge in [-0.25, -0.2) is 0 Å². The van der Waals surface area contributed by atoms with Gasteiger partial charge in [0.25, 0.3) is 0 Å². The fourth-order valence-electron chi connectivity index (χ4n) is 3.38. The second-order valence-electron chi connectivity index (χ2n) is 6.94. The second-order valence-corrected chi connectivity index (χ2v) is 7.38. The second kappa shape index (κ2) is 10.8. The normalized spacial score (nSPS) is 12.8. The maximum Gasteiger partial charge on any atom is 0.0922 e. The van der Waals surface area contributed by atoms with Gasteiger partial charge in [0.05, 0.1) is 6.10 Å². The largest absolute Gasteiger partial charge is 0.387 e. The summed E-state index contributed by atoms with van der Waals surface area (Å²) in [5.74, 6) is 0. The van der Waals surface area contributed by atoms with Crippen LogP contribution in [0.25, 0.3) is 10.8 Å². The van der Waals surface area contributed by atoms with Gasteiger partial charge in [-0.05, 0) is 54.4 Å². The van der Waals surface area contributed by atoms with Crippen LogP contribution < -0.4 is 0 Å². The summed E-state index contributed by atoms with van der Waals surface area (Å²) in [6.07, 6.45) is 6.93. The fourth-order valence-corrected chi connectivity index (χ4v) is 3.56. The first-order chi connectivity index (χ1) is 12.2. The standard InChI is InChI=1S/C22H32ClNO/c1-3-5-7-14-24(15-8-6-4-2)17-22(25)21-11-9-10-18-16-19(23)12-13-20(18)21/h9-13,16,22,25H,3-8,14-15,17H2,1-2H3/t22-/m1/s1. The van der Waals surface area contributed by atoms with Crippen LogP contribution in [0.1, 0.15) is 64.0 Å². The first kappa shape index (κ1) is 20.2. The summed E-state index contributed by atoms with van der Waals surface area (Å²) in [5.41, 5.74) is 1.00. The van der Waals surface area contributed by atoms with Gasteiger partial charge in [0.1, 0.15) is 0 Å². The van der Waals surface area contributed by atoms with Gasteiger partial charge in [0.15, 0.2) is 0 Å². The summed E-state index contributed by atoms with van der Waals surface area (Å²) in [6.45, 7) is 7.32. The first-order valence-electron chi connectivity index (χ1n) is 9.74. The van der Waals surface area contributed by atoms with E-state index in [1.165, 1.54) is 38.5 Å². The molecule has 1 atom stereocenters. The average molecular weight is 362 g/mol. The van der Waals surface area contributed by atoms with Crippen LogP contribution >= 0.6 is 11.6 Å². The van der Waals surface area contributed by atoms with E-state index in [4.69, 9.17) is 11.6 Å². The Bertz CT molecular complexity index is 633. The predicted molar refractivity (Wildman–Crippen MR) is 109 cm³/mol. The summed E-state index contributed by atoms with van der Waals surface area (Å²) in [6, 6.07) is 12.0. The lowest BCUT2D eigenvalue weighted by Gasteiger charge is -2.26. The van der Waals surface area contributed by atoms with Crippen molar-refractivity contribution in [3.8, 4) is 0 Å². The van der Waals surface area contributed by atoms with Gasteiger partial charge < -0.3 is 10.0 Å². The minimum absolute atomic E-state index is 0.465. The van der Waals surface area contributed by atoms with E-state index < -0.39 is 6.10 Å². The van der Waals surface area contributed by atoms with Crippen LogP contribution in [0.3, 0.4) is 0 Å². The van der Waals surface area contributed by atoms with Crippen LogP contribution in [-0.2, 0) is 0 Å². The van der Waals surface area contributed by atoms with Gasteiger partial charge in [0.2, 0.25) is 0 Å². The number of unbranched alkanes of at least 4 members (excludes halogenated alkanes) is 4. The van der Waals surface area contributed by atoms with Crippen LogP contribution in [0.15, 0.2) is 36.4 Å². The molecule has 3 heteroatoms. The zero-order valence-electron chi connectivity index (χ0n) is 15.7. The summed E-state index contributed by atoms with van der Waals surface area (Å²) in [7, 11) is 0. The Morgan fingerprint density at radius 2 is 1.64 bits per heavy atom. The molecule has 0 aliphatic carbocycles. The Labute approximate surface area is 157 Å². The highest BCUT2D eigenvalue weighted by atomic mass is 35.5. The molecule has 138 valence electrons. The van der Waals surface area contributed by atoms with Gasteiger partial charge in [-0.2, -0.15) is 0 Å². The molecule has 0 aliphatic rings. The molecule has 0 unspecified atom stereocenters. The molecule has 0 heterocycles. The summed E-state index contributed by atoms with van der Waals surface area (Å²) < 4.78 is 0. The Morgan fingerprint density at radius 3 is 2.28 bits per heavy atom. The number of nitrogens with zero attached hydrogens (tertiary/aromatic N) is 1. The smallest absolute Gasteiger partial charge is 0.0922 e. The third-order valence-corrected chi connectivity index (χ3v) is 5.06. The molecule has 1 N–H and O–H groups in total. The average Bonchev–Trinajstić information content (AvgIpc) is 2.61. The number of halogens is 1. The Hall–Kier alpha value is -1.09. The zero-order valence-corrected chi connectivity index (χ0v) is 16.4. The van der Waals surface area contributed by atoms with Crippen LogP contribution in [-0.4, -0.2) is 29.6 Å². The van der Waals surface area contributed by atoms with Gasteiger partial charge in [-0.1, -0.05) is 75.4 Å². The van der Waals surface area contributed by atoms with E-state index in [0.717, 1.165) is 34.4 Å². The summed E-state index contributed by atoms with van der Waals surface area (Å²) in [4.78, 5) is 2.44. The molecule has 0 fully saturated rings. The highest BCUT2D eigenvalue weighted by Gasteiger charge is 2.15. The SMILES string of the molecule is CCCCCN(CCCCC)C[C@@H](O)c1cccc2cc(Cl)ccc12. The van der Waals surface area contributed by atoms with Crippen LogP contribution in [0, 0.1) is 0 Å². The van der Waals surface area contributed by atoms with Gasteiger partial charge >= 0.3 is 0 Å². The monoisotopic (exact) mass is 361 g/mol. The van der Waals surface area contributed by atoms with Crippen molar-refractivity contribution >= 4 is 22.4 Å². The topological polar surface area (TPSA) is 23.5 Å². The third-order valence-electron chi connectivity index (χ3n) is 4.82. The van der Waals surface area contributed by atoms with Crippen LogP contribution in [0.4, 0.5) is 0 Å². The van der Waals surface area contributed by atoms with Crippen molar-refractivity contribution in [3.63, 3.8) is 0 Å². The molecule has 2 aromatic rings. The molecule has 0 aliphatic heterocycles. The van der Waals surface area contributed by atoms with Crippen molar-refractivity contribution in [1.29, 1.82) is 0 Å². The minimum Gasteiger partial charge on any atom is -0.387 e. The number of hydrogen-bond acceptors (Lipinski definition) is 2. The molecular weight excluding hydrogens is 330 g/mol. The van der Waals surface area contributed by atoms with Crippen molar-refractivity contribution in [3.05, 3.63) is 47.0 Å². The fraction of sp³-hybridized carbons (Fsp3) is 0.545. The van der Waals surface area contributed by atoms with E-state index in [9.17, 15) is 5.11 Å². The quantitative estimate of drug-likeness (QED) is 0.481.